The van der Waals surface area contributed by atoms with Crippen molar-refractivity contribution >= 4 is 46.8 Å². The van der Waals surface area contributed by atoms with Gasteiger partial charge in [-0.1, -0.05) is 109 Å². The zero-order valence-corrected chi connectivity index (χ0v) is 26.1. The van der Waals surface area contributed by atoms with Crippen LogP contribution in [0.2, 0.25) is 0 Å². The van der Waals surface area contributed by atoms with Crippen LogP contribution in [-0.2, 0) is 26.0 Å². The van der Waals surface area contributed by atoms with Gasteiger partial charge in [0.25, 0.3) is 0 Å². The Hall–Kier alpha value is -4.11. The molecule has 0 saturated carbocycles. The molecular formula is C36H30CoNO3P2+3. The minimum atomic E-state index is -2.96. The third-order valence-electron chi connectivity index (χ3n) is 7.10. The van der Waals surface area contributed by atoms with Gasteiger partial charge in [0, 0.05) is 16.8 Å². The predicted molar refractivity (Wildman–Crippen MR) is 176 cm³/mol. The van der Waals surface area contributed by atoms with Crippen molar-refractivity contribution in [1.29, 1.82) is 0 Å². The van der Waals surface area contributed by atoms with Gasteiger partial charge in [0.2, 0.25) is 0 Å². The summed E-state index contributed by atoms with van der Waals surface area (Å²) >= 11 is 0. The minimum absolute atomic E-state index is 0. The molecule has 43 heavy (non-hydrogen) atoms. The van der Waals surface area contributed by atoms with Crippen molar-refractivity contribution in [3.05, 3.63) is 187 Å². The van der Waals surface area contributed by atoms with Crippen molar-refractivity contribution in [3.8, 4) is 0 Å². The van der Waals surface area contributed by atoms with Crippen LogP contribution < -0.4 is 31.8 Å². The number of hydrogen-bond acceptors (Lipinski definition) is 3. The van der Waals surface area contributed by atoms with Crippen LogP contribution in [0.3, 0.4) is 0 Å². The van der Waals surface area contributed by atoms with Gasteiger partial charge in [0.1, 0.15) is 36.7 Å². The van der Waals surface area contributed by atoms with E-state index in [4.69, 9.17) is 9.25 Å². The molecule has 0 N–H and O–H groups in total. The van der Waals surface area contributed by atoms with Gasteiger partial charge in [0.05, 0.1) is 0 Å². The van der Waals surface area contributed by atoms with E-state index < -0.39 is 15.0 Å². The van der Waals surface area contributed by atoms with Gasteiger partial charge in [-0.3, -0.25) is 0 Å². The smallest absolute Gasteiger partial charge is 0.0620 e. The molecule has 4 nitrogen and oxygen atoms in total. The molecule has 0 fully saturated rings. The molecule has 0 unspecified atom stereocenters. The summed E-state index contributed by atoms with van der Waals surface area (Å²) in [5.74, 6) is 0. The zero-order chi connectivity index (χ0) is 28.7. The molecule has 1 radical (unpaired) electrons. The Morgan fingerprint density at radius 3 is 0.651 bits per heavy atom. The van der Waals surface area contributed by atoms with Gasteiger partial charge < -0.3 is 0 Å². The Labute approximate surface area is 263 Å². The molecule has 0 heterocycles. The van der Waals surface area contributed by atoms with E-state index in [-0.39, 0.29) is 16.8 Å². The second-order valence-corrected chi connectivity index (χ2v) is 15.5. The van der Waals surface area contributed by atoms with Crippen LogP contribution in [0.4, 0.5) is 0 Å². The SMILES string of the molecule is O=[N+](O[P+](c1ccccc1)(c1ccccc1)c1ccccc1)O[P+](c1ccccc1)(c1ccccc1)c1ccccc1.[Co]. The maximum Gasteiger partial charge on any atom is 0.555 e. The fourth-order valence-electron chi connectivity index (χ4n) is 5.22. The monoisotopic (exact) mass is 645 g/mol. The molecule has 0 saturated heterocycles. The second kappa shape index (κ2) is 13.9. The number of rotatable bonds is 10. The summed E-state index contributed by atoms with van der Waals surface area (Å²) in [6.45, 7) is 0. The summed E-state index contributed by atoms with van der Waals surface area (Å²) in [6, 6.07) is 59.8. The van der Waals surface area contributed by atoms with Crippen molar-refractivity contribution in [1.82, 2.24) is 0 Å². The Kier molecular flexibility index (Phi) is 9.81. The molecule has 0 aliphatic heterocycles. The third-order valence-corrected chi connectivity index (χ3v) is 14.0. The van der Waals surface area contributed by atoms with Crippen molar-refractivity contribution in [2.24, 2.45) is 0 Å². The van der Waals surface area contributed by atoms with Gasteiger partial charge in [-0.25, -0.2) is 0 Å². The molecule has 7 heteroatoms. The normalized spacial score (nSPS) is 11.2. The summed E-state index contributed by atoms with van der Waals surface area (Å²) in [4.78, 5) is 14.4. The molecule has 213 valence electrons. The second-order valence-electron chi connectivity index (χ2n) is 9.62. The van der Waals surface area contributed by atoms with Crippen molar-refractivity contribution in [2.75, 3.05) is 0 Å². The molecule has 0 spiro atoms. The first-order valence-electron chi connectivity index (χ1n) is 13.7. The van der Waals surface area contributed by atoms with Crippen molar-refractivity contribution in [2.45, 2.75) is 0 Å². The molecule has 6 rings (SSSR count). The Bertz CT molecular complexity index is 1410. The average Bonchev–Trinajstić information content (AvgIpc) is 3.08. The fourth-order valence-corrected chi connectivity index (χ4v) is 11.6. The first-order chi connectivity index (χ1) is 20.7. The Morgan fingerprint density at radius 2 is 0.488 bits per heavy atom. The standard InChI is InChI=1S/C36H30NO3P2.Co/c38-37(39-41(31-19-7-1-8-20-31,32-21-9-2-10-22-32)33-23-11-3-12-24-33)40-42(34-25-13-4-14-26-34,35-27-15-5-16-28-35)36-29-17-6-18-30-36;/h1-30H;/q+3;. The van der Waals surface area contributed by atoms with Crippen LogP contribution in [0.15, 0.2) is 182 Å². The van der Waals surface area contributed by atoms with E-state index in [0.29, 0.717) is 5.09 Å². The molecule has 6 aromatic rings. The molecule has 0 aliphatic rings. The van der Waals surface area contributed by atoms with E-state index in [9.17, 15) is 4.91 Å². The van der Waals surface area contributed by atoms with Crippen LogP contribution in [0.5, 0.6) is 0 Å². The number of hydrogen-bond donors (Lipinski definition) is 0. The first kappa shape index (κ1) is 30.3. The fraction of sp³-hybridized carbons (Fsp3) is 0. The van der Waals surface area contributed by atoms with Crippen molar-refractivity contribution in [3.63, 3.8) is 0 Å². The van der Waals surface area contributed by atoms with E-state index in [0.717, 1.165) is 31.8 Å². The molecule has 0 amide bonds. The summed E-state index contributed by atoms with van der Waals surface area (Å²) in [7, 11) is -5.93. The number of benzene rings is 6. The quantitative estimate of drug-likeness (QED) is 0.127. The van der Waals surface area contributed by atoms with E-state index in [1.165, 1.54) is 0 Å². The molecule has 6 aromatic carbocycles. The summed E-state index contributed by atoms with van der Waals surface area (Å²) in [6.07, 6.45) is 0. The molecule has 0 bridgehead atoms. The molecule has 0 aliphatic carbocycles. The predicted octanol–water partition coefficient (Wildman–Crippen LogP) is 6.44. The molecule has 0 aromatic heterocycles. The van der Waals surface area contributed by atoms with Gasteiger partial charge in [-0.15, -0.1) is 0 Å². The summed E-state index contributed by atoms with van der Waals surface area (Å²) < 4.78 is 13.4. The maximum atomic E-state index is 14.4. The number of nitrogens with zero attached hydrogens (tertiary/aromatic N) is 1. The van der Waals surface area contributed by atoms with E-state index in [1.54, 1.807) is 0 Å². The average molecular weight is 646 g/mol. The third kappa shape index (κ3) is 6.04. The van der Waals surface area contributed by atoms with Crippen LogP contribution in [-0.4, -0.2) is 5.09 Å². The van der Waals surface area contributed by atoms with Gasteiger partial charge in [0.15, 0.2) is 0 Å². The maximum absolute atomic E-state index is 14.4. The first-order valence-corrected chi connectivity index (χ1v) is 17.1. The molecule has 0 atom stereocenters. The van der Waals surface area contributed by atoms with Crippen LogP contribution in [0, 0.1) is 4.91 Å². The molecular weight excluding hydrogens is 615 g/mol. The largest absolute Gasteiger partial charge is 0.555 e. The van der Waals surface area contributed by atoms with Gasteiger partial charge in [-0.05, 0) is 82.0 Å². The van der Waals surface area contributed by atoms with Gasteiger partial charge in [-0.2, -0.15) is 0 Å². The summed E-state index contributed by atoms with van der Waals surface area (Å²) in [5, 5.41) is 5.86. The topological polar surface area (TPSA) is 38.5 Å². The van der Waals surface area contributed by atoms with Crippen molar-refractivity contribution < 1.29 is 31.1 Å². The van der Waals surface area contributed by atoms with E-state index >= 15 is 0 Å². The van der Waals surface area contributed by atoms with Crippen LogP contribution in [0.25, 0.3) is 0 Å². The van der Waals surface area contributed by atoms with E-state index in [2.05, 4.69) is 0 Å². The van der Waals surface area contributed by atoms with Gasteiger partial charge >= 0.3 is 20.1 Å². The zero-order valence-electron chi connectivity index (χ0n) is 23.2. The Morgan fingerprint density at radius 1 is 0.326 bits per heavy atom. The van der Waals surface area contributed by atoms with Crippen LogP contribution in [0.1, 0.15) is 0 Å². The van der Waals surface area contributed by atoms with Crippen LogP contribution >= 0.6 is 15.0 Å². The minimum Gasteiger partial charge on any atom is -0.0620 e. The summed E-state index contributed by atoms with van der Waals surface area (Å²) in [5.41, 5.74) is 0. The van der Waals surface area contributed by atoms with E-state index in [1.807, 2.05) is 182 Å². The Balaban J connectivity index is 0.00000368.